The molecule has 3 aromatic rings. The molecule has 0 spiro atoms. The maximum atomic E-state index is 13.1. The molecule has 2 aromatic carbocycles. The summed E-state index contributed by atoms with van der Waals surface area (Å²) in [5.41, 5.74) is 0.607. The molecule has 0 radical (unpaired) electrons. The fourth-order valence-electron chi connectivity index (χ4n) is 3.01. The smallest absolute Gasteiger partial charge is 0.242 e. The summed E-state index contributed by atoms with van der Waals surface area (Å²) in [4.78, 5) is 21.1. The van der Waals surface area contributed by atoms with Crippen molar-refractivity contribution in [2.24, 2.45) is 5.92 Å². The summed E-state index contributed by atoms with van der Waals surface area (Å²) >= 11 is 0. The largest absolute Gasteiger partial charge is 0.358 e. The lowest BCUT2D eigenvalue weighted by Gasteiger charge is -2.22. The van der Waals surface area contributed by atoms with E-state index in [1.165, 1.54) is 12.1 Å². The second-order valence-electron chi connectivity index (χ2n) is 7.26. The number of nitrogens with zero attached hydrogens (tertiary/aromatic N) is 2. The van der Waals surface area contributed by atoms with Crippen LogP contribution in [0.1, 0.15) is 19.7 Å². The van der Waals surface area contributed by atoms with Gasteiger partial charge in [0.2, 0.25) is 15.9 Å². The number of sulfonamides is 1. The summed E-state index contributed by atoms with van der Waals surface area (Å²) in [6.45, 7) is 3.65. The number of benzene rings is 2. The first-order valence-electron chi connectivity index (χ1n) is 9.70. The summed E-state index contributed by atoms with van der Waals surface area (Å²) in [5.74, 6) is -0.0658. The predicted molar refractivity (Wildman–Crippen MR) is 116 cm³/mol. The van der Waals surface area contributed by atoms with E-state index in [4.69, 9.17) is 0 Å². The average molecular weight is 446 g/mol. The molecule has 0 bridgehead atoms. The number of carbonyl (C=O) groups is 1. The number of aromatic nitrogens is 2. The number of hydrogen-bond donors (Lipinski definition) is 3. The Hall–Kier alpha value is -3.11. The van der Waals surface area contributed by atoms with E-state index in [1.54, 1.807) is 13.1 Å². The number of likely N-dealkylation sites (N-methyl/N-ethyl adjacent to an activating group) is 1. The third-order valence-corrected chi connectivity index (χ3v) is 6.10. The second-order valence-corrected chi connectivity index (χ2v) is 9.03. The third-order valence-electron chi connectivity index (χ3n) is 4.68. The maximum Gasteiger partial charge on any atom is 0.242 e. The van der Waals surface area contributed by atoms with Crippen molar-refractivity contribution in [2.75, 3.05) is 12.4 Å². The van der Waals surface area contributed by atoms with Crippen LogP contribution in [-0.2, 0) is 21.4 Å². The molecule has 1 heterocycles. The Bertz CT molecular complexity index is 1180. The highest BCUT2D eigenvalue weighted by Gasteiger charge is 2.23. The molecule has 10 heteroatoms. The molecule has 0 aliphatic heterocycles. The zero-order valence-electron chi connectivity index (χ0n) is 17.4. The zero-order chi connectivity index (χ0) is 22.6. The van der Waals surface area contributed by atoms with Crippen molar-refractivity contribution in [1.29, 1.82) is 0 Å². The number of nitrogens with one attached hydrogen (secondary N) is 3. The van der Waals surface area contributed by atoms with Crippen LogP contribution >= 0.6 is 0 Å². The normalized spacial score (nSPS) is 12.7. The van der Waals surface area contributed by atoms with Gasteiger partial charge in [0.05, 0.1) is 17.0 Å². The fourth-order valence-corrected chi connectivity index (χ4v) is 3.99. The molecule has 1 atom stereocenters. The Morgan fingerprint density at radius 3 is 2.39 bits per heavy atom. The van der Waals surface area contributed by atoms with E-state index >= 15 is 0 Å². The first kappa shape index (κ1) is 22.6. The lowest BCUT2D eigenvalue weighted by molar-refractivity contribution is -0.122. The van der Waals surface area contributed by atoms with Crippen LogP contribution in [-0.4, -0.2) is 37.4 Å². The van der Waals surface area contributed by atoms with Gasteiger partial charge in [-0.05, 0) is 42.3 Å². The number of anilines is 1. The van der Waals surface area contributed by atoms with Gasteiger partial charge in [-0.25, -0.2) is 27.5 Å². The van der Waals surface area contributed by atoms with Crippen LogP contribution in [0.25, 0.3) is 10.9 Å². The average Bonchev–Trinajstić information content (AvgIpc) is 2.75. The van der Waals surface area contributed by atoms with Gasteiger partial charge < -0.3 is 10.6 Å². The molecule has 164 valence electrons. The Morgan fingerprint density at radius 2 is 1.74 bits per heavy atom. The van der Waals surface area contributed by atoms with Crippen molar-refractivity contribution in [1.82, 2.24) is 20.0 Å². The topological polar surface area (TPSA) is 113 Å². The molecule has 0 fully saturated rings. The van der Waals surface area contributed by atoms with Crippen molar-refractivity contribution < 1.29 is 17.6 Å². The lowest BCUT2D eigenvalue weighted by Crippen LogP contribution is -2.41. The van der Waals surface area contributed by atoms with Gasteiger partial charge in [-0.3, -0.25) is 4.79 Å². The van der Waals surface area contributed by atoms with Crippen molar-refractivity contribution >= 4 is 32.7 Å². The minimum Gasteiger partial charge on any atom is -0.358 e. The number of carbonyl (C=O) groups excluding carboxylic acids is 1. The quantitative estimate of drug-likeness (QED) is 0.491. The number of para-hydroxylation sites is 1. The van der Waals surface area contributed by atoms with Crippen molar-refractivity contribution in [3.63, 3.8) is 0 Å². The molecule has 31 heavy (non-hydrogen) atoms. The molecule has 1 aromatic heterocycles. The lowest BCUT2D eigenvalue weighted by atomic mass is 10.0. The highest BCUT2D eigenvalue weighted by molar-refractivity contribution is 7.89. The first-order chi connectivity index (χ1) is 14.7. The van der Waals surface area contributed by atoms with Gasteiger partial charge >= 0.3 is 0 Å². The van der Waals surface area contributed by atoms with Crippen LogP contribution in [0.4, 0.5) is 10.2 Å². The molecule has 3 rings (SSSR count). The van der Waals surface area contributed by atoms with Gasteiger partial charge in [0.25, 0.3) is 0 Å². The van der Waals surface area contributed by atoms with Crippen LogP contribution in [0.5, 0.6) is 0 Å². The minimum atomic E-state index is -3.88. The van der Waals surface area contributed by atoms with Crippen molar-refractivity contribution in [3.8, 4) is 0 Å². The van der Waals surface area contributed by atoms with Gasteiger partial charge in [0.1, 0.15) is 23.5 Å². The number of fused-ring (bicyclic) bond motifs is 1. The van der Waals surface area contributed by atoms with E-state index in [-0.39, 0.29) is 29.1 Å². The molecule has 3 N–H and O–H groups in total. The monoisotopic (exact) mass is 445 g/mol. The van der Waals surface area contributed by atoms with E-state index < -0.39 is 21.9 Å². The summed E-state index contributed by atoms with van der Waals surface area (Å²) in [6.07, 6.45) is 0. The van der Waals surface area contributed by atoms with E-state index in [9.17, 15) is 17.6 Å². The Morgan fingerprint density at radius 1 is 1.06 bits per heavy atom. The summed E-state index contributed by atoms with van der Waals surface area (Å²) in [7, 11) is -2.31. The SMILES string of the molecule is CNC(=O)[C@@H](Nc1nc(CNS(=O)(=O)c2ccc(F)cc2)nc2ccccc12)C(C)C. The standard InChI is InChI=1S/C21H24FN5O3S/c1-13(2)19(21(28)23-3)27-20-16-6-4-5-7-17(16)25-18(26-20)12-24-31(29,30)15-10-8-14(22)9-11-15/h4-11,13,19,24H,12H2,1-3H3,(H,23,28)(H,25,26,27)/t19-/m0/s1. The van der Waals surface area contributed by atoms with Gasteiger partial charge in [0, 0.05) is 12.4 Å². The molecule has 0 unspecified atom stereocenters. The van der Waals surface area contributed by atoms with E-state index in [0.717, 1.165) is 12.1 Å². The van der Waals surface area contributed by atoms with Gasteiger partial charge in [-0.15, -0.1) is 0 Å². The predicted octanol–water partition coefficient (Wildman–Crippen LogP) is 2.43. The summed E-state index contributed by atoms with van der Waals surface area (Å²) < 4.78 is 40.5. The second kappa shape index (κ2) is 9.36. The van der Waals surface area contributed by atoms with E-state index in [2.05, 4.69) is 25.3 Å². The van der Waals surface area contributed by atoms with Gasteiger partial charge in [-0.1, -0.05) is 26.0 Å². The highest BCUT2D eigenvalue weighted by atomic mass is 32.2. The van der Waals surface area contributed by atoms with Crippen molar-refractivity contribution in [3.05, 3.63) is 60.2 Å². The molecule has 0 saturated heterocycles. The number of hydrogen-bond acceptors (Lipinski definition) is 6. The fraction of sp³-hybridized carbons (Fsp3) is 0.286. The minimum absolute atomic E-state index is 0.0193. The Labute approximate surface area is 180 Å². The Balaban J connectivity index is 1.91. The van der Waals surface area contributed by atoms with E-state index in [0.29, 0.717) is 16.7 Å². The molecule has 0 saturated carbocycles. The van der Waals surface area contributed by atoms with Crippen molar-refractivity contribution in [2.45, 2.75) is 31.3 Å². The summed E-state index contributed by atoms with van der Waals surface area (Å²) in [5, 5.41) is 6.51. The highest BCUT2D eigenvalue weighted by Crippen LogP contribution is 2.22. The Kier molecular flexibility index (Phi) is 6.81. The molecular formula is C21H24FN5O3S. The van der Waals surface area contributed by atoms with Crippen LogP contribution in [0.15, 0.2) is 53.4 Å². The molecular weight excluding hydrogens is 421 g/mol. The number of halogens is 1. The summed E-state index contributed by atoms with van der Waals surface area (Å²) in [6, 6.07) is 11.2. The van der Waals surface area contributed by atoms with Crippen LogP contribution in [0.2, 0.25) is 0 Å². The molecule has 0 aliphatic rings. The molecule has 8 nitrogen and oxygen atoms in total. The third kappa shape index (κ3) is 5.33. The van der Waals surface area contributed by atoms with Crippen LogP contribution in [0.3, 0.4) is 0 Å². The van der Waals surface area contributed by atoms with E-state index in [1.807, 2.05) is 32.0 Å². The van der Waals surface area contributed by atoms with Crippen LogP contribution in [0, 0.1) is 11.7 Å². The first-order valence-corrected chi connectivity index (χ1v) is 11.2. The van der Waals surface area contributed by atoms with Gasteiger partial charge in [-0.2, -0.15) is 0 Å². The van der Waals surface area contributed by atoms with Gasteiger partial charge in [0.15, 0.2) is 0 Å². The van der Waals surface area contributed by atoms with Crippen LogP contribution < -0.4 is 15.4 Å². The molecule has 0 aliphatic carbocycles. The maximum absolute atomic E-state index is 13.1. The zero-order valence-corrected chi connectivity index (χ0v) is 18.2. The number of rotatable bonds is 8. The number of amides is 1. The molecule has 1 amide bonds.